The number of carbonyl (C=O) groups excluding carboxylic acids is 2. The fourth-order valence-corrected chi connectivity index (χ4v) is 3.99. The Balaban J connectivity index is 1.61. The molecule has 0 atom stereocenters. The van der Waals surface area contributed by atoms with Gasteiger partial charge in [-0.3, -0.25) is 14.3 Å². The quantitative estimate of drug-likeness (QED) is 0.483. The summed E-state index contributed by atoms with van der Waals surface area (Å²) in [6.07, 6.45) is 0. The van der Waals surface area contributed by atoms with Gasteiger partial charge in [0.25, 0.3) is 15.9 Å². The highest BCUT2D eigenvalue weighted by Gasteiger charge is 2.16. The predicted octanol–water partition coefficient (Wildman–Crippen LogP) is 3.22. The van der Waals surface area contributed by atoms with Gasteiger partial charge in [-0.1, -0.05) is 17.7 Å². The number of anilines is 2. The number of rotatable bonds is 8. The molecule has 0 radical (unpaired) electrons. The molecule has 0 saturated heterocycles. The van der Waals surface area contributed by atoms with Crippen LogP contribution >= 0.6 is 0 Å². The molecule has 0 aromatic heterocycles. The van der Waals surface area contributed by atoms with E-state index in [1.807, 2.05) is 19.1 Å². The van der Waals surface area contributed by atoms with E-state index in [0.29, 0.717) is 28.3 Å². The minimum absolute atomic E-state index is 0.0851. The van der Waals surface area contributed by atoms with Gasteiger partial charge in [-0.25, -0.2) is 8.42 Å². The van der Waals surface area contributed by atoms with Crippen LogP contribution < -0.4 is 20.5 Å². The summed E-state index contributed by atoms with van der Waals surface area (Å²) in [6.45, 7) is 3.34. The van der Waals surface area contributed by atoms with Crippen LogP contribution in [0.5, 0.6) is 5.75 Å². The summed E-state index contributed by atoms with van der Waals surface area (Å²) in [5, 5.41) is 2.64. The van der Waals surface area contributed by atoms with Crippen LogP contribution in [0.25, 0.3) is 0 Å². The average molecular weight is 454 g/mol. The molecule has 3 aromatic carbocycles. The monoisotopic (exact) mass is 453 g/mol. The Morgan fingerprint density at radius 1 is 0.906 bits per heavy atom. The number of primary amides is 1. The number of aryl methyl sites for hydroxylation is 2. The van der Waals surface area contributed by atoms with Crippen molar-refractivity contribution in [2.24, 2.45) is 5.73 Å². The molecule has 0 fully saturated rings. The molecule has 0 unspecified atom stereocenters. The smallest absolute Gasteiger partial charge is 0.262 e. The minimum Gasteiger partial charge on any atom is -0.483 e. The second-order valence-corrected chi connectivity index (χ2v) is 8.86. The van der Waals surface area contributed by atoms with E-state index >= 15 is 0 Å². The van der Waals surface area contributed by atoms with Crippen molar-refractivity contribution in [1.29, 1.82) is 0 Å². The Morgan fingerprint density at radius 3 is 2.12 bits per heavy atom. The van der Waals surface area contributed by atoms with Gasteiger partial charge in [0.05, 0.1) is 4.90 Å². The van der Waals surface area contributed by atoms with Gasteiger partial charge in [-0.2, -0.15) is 0 Å². The molecule has 0 aliphatic rings. The highest BCUT2D eigenvalue weighted by Crippen LogP contribution is 2.24. The number of amides is 2. The predicted molar refractivity (Wildman–Crippen MR) is 122 cm³/mol. The van der Waals surface area contributed by atoms with Crippen molar-refractivity contribution in [1.82, 2.24) is 0 Å². The molecule has 2 amide bonds. The summed E-state index contributed by atoms with van der Waals surface area (Å²) in [5.41, 5.74) is 8.07. The lowest BCUT2D eigenvalue weighted by molar-refractivity contribution is -0.118. The molecule has 4 N–H and O–H groups in total. The van der Waals surface area contributed by atoms with Gasteiger partial charge in [0.15, 0.2) is 6.61 Å². The molecule has 32 heavy (non-hydrogen) atoms. The van der Waals surface area contributed by atoms with Crippen LogP contribution in [0.1, 0.15) is 21.5 Å². The first kappa shape index (κ1) is 22.8. The number of carbonyl (C=O) groups is 2. The number of hydrogen-bond donors (Lipinski definition) is 3. The van der Waals surface area contributed by atoms with Crippen molar-refractivity contribution in [3.05, 3.63) is 83.4 Å². The molecule has 0 bridgehead atoms. The summed E-state index contributed by atoms with van der Waals surface area (Å²) in [7, 11) is -3.76. The normalized spacial score (nSPS) is 10.9. The number of hydrogen-bond acceptors (Lipinski definition) is 5. The van der Waals surface area contributed by atoms with Crippen molar-refractivity contribution in [2.75, 3.05) is 16.6 Å². The first-order chi connectivity index (χ1) is 15.1. The van der Waals surface area contributed by atoms with E-state index in [1.165, 1.54) is 30.3 Å². The third-order valence-electron chi connectivity index (χ3n) is 4.57. The van der Waals surface area contributed by atoms with Gasteiger partial charge in [0.1, 0.15) is 5.75 Å². The van der Waals surface area contributed by atoms with E-state index in [9.17, 15) is 18.0 Å². The van der Waals surface area contributed by atoms with Gasteiger partial charge >= 0.3 is 0 Å². The fourth-order valence-electron chi connectivity index (χ4n) is 2.84. The second kappa shape index (κ2) is 9.52. The van der Waals surface area contributed by atoms with E-state index in [0.717, 1.165) is 5.56 Å². The van der Waals surface area contributed by atoms with E-state index in [4.69, 9.17) is 10.5 Å². The van der Waals surface area contributed by atoms with Crippen LogP contribution in [0.15, 0.2) is 71.6 Å². The Kier molecular flexibility index (Phi) is 6.79. The van der Waals surface area contributed by atoms with Crippen LogP contribution in [0.2, 0.25) is 0 Å². The number of nitrogens with one attached hydrogen (secondary N) is 2. The molecule has 3 rings (SSSR count). The van der Waals surface area contributed by atoms with Crippen molar-refractivity contribution in [2.45, 2.75) is 18.7 Å². The molecule has 0 aliphatic heterocycles. The summed E-state index contributed by atoms with van der Waals surface area (Å²) >= 11 is 0. The largest absolute Gasteiger partial charge is 0.483 e. The van der Waals surface area contributed by atoms with Crippen molar-refractivity contribution in [3.63, 3.8) is 0 Å². The maximum Gasteiger partial charge on any atom is 0.262 e. The Morgan fingerprint density at radius 2 is 1.53 bits per heavy atom. The lowest BCUT2D eigenvalue weighted by Crippen LogP contribution is -2.20. The first-order valence-corrected chi connectivity index (χ1v) is 11.1. The summed E-state index contributed by atoms with van der Waals surface area (Å²) in [5.74, 6) is -0.575. The number of benzene rings is 3. The zero-order valence-corrected chi connectivity index (χ0v) is 18.4. The van der Waals surface area contributed by atoms with Crippen LogP contribution in [0.3, 0.4) is 0 Å². The molecule has 8 nitrogen and oxygen atoms in total. The zero-order valence-electron chi connectivity index (χ0n) is 17.6. The topological polar surface area (TPSA) is 128 Å². The minimum atomic E-state index is -3.76. The number of sulfonamides is 1. The van der Waals surface area contributed by atoms with Gasteiger partial charge in [0.2, 0.25) is 5.91 Å². The Hall–Kier alpha value is -3.85. The molecule has 166 valence electrons. The molecule has 0 heterocycles. The second-order valence-electron chi connectivity index (χ2n) is 7.18. The summed E-state index contributed by atoms with van der Waals surface area (Å²) < 4.78 is 33.3. The Bertz CT molecular complexity index is 1240. The van der Waals surface area contributed by atoms with Crippen molar-refractivity contribution >= 4 is 33.2 Å². The molecule has 0 spiro atoms. The maximum atomic E-state index is 12.6. The fraction of sp³-hybridized carbons (Fsp3) is 0.130. The summed E-state index contributed by atoms with van der Waals surface area (Å²) in [4.78, 5) is 23.3. The van der Waals surface area contributed by atoms with Gasteiger partial charge in [-0.15, -0.1) is 0 Å². The SMILES string of the molecule is Cc1ccc(NS(=O)(=O)c2ccc(OCC(=O)Nc3ccc(C(N)=O)cc3)c(C)c2)cc1. The Labute approximate surface area is 186 Å². The summed E-state index contributed by atoms with van der Waals surface area (Å²) in [6, 6.07) is 17.6. The lowest BCUT2D eigenvalue weighted by Gasteiger charge is -2.12. The van der Waals surface area contributed by atoms with Crippen LogP contribution in [-0.4, -0.2) is 26.8 Å². The average Bonchev–Trinajstić information content (AvgIpc) is 2.74. The van der Waals surface area contributed by atoms with E-state index in [1.54, 1.807) is 31.2 Å². The lowest BCUT2D eigenvalue weighted by atomic mass is 10.2. The molecular formula is C23H23N3O5S. The van der Waals surface area contributed by atoms with Crippen LogP contribution in [0.4, 0.5) is 11.4 Å². The van der Waals surface area contributed by atoms with E-state index in [2.05, 4.69) is 10.0 Å². The third kappa shape index (κ3) is 5.86. The van der Waals surface area contributed by atoms with Gasteiger partial charge < -0.3 is 15.8 Å². The van der Waals surface area contributed by atoms with Crippen molar-refractivity contribution in [3.8, 4) is 5.75 Å². The molecule has 0 saturated carbocycles. The van der Waals surface area contributed by atoms with Gasteiger partial charge in [-0.05, 0) is 74.0 Å². The zero-order chi connectivity index (χ0) is 23.3. The van der Waals surface area contributed by atoms with Gasteiger partial charge in [0, 0.05) is 16.9 Å². The first-order valence-electron chi connectivity index (χ1n) is 9.67. The molecule has 3 aromatic rings. The molecule has 0 aliphatic carbocycles. The third-order valence-corrected chi connectivity index (χ3v) is 5.95. The van der Waals surface area contributed by atoms with Crippen LogP contribution in [-0.2, 0) is 14.8 Å². The molecular weight excluding hydrogens is 430 g/mol. The number of nitrogens with two attached hydrogens (primary N) is 1. The standard InChI is InChI=1S/C23H23N3O5S/c1-15-3-7-19(8-4-15)26-32(29,30)20-11-12-21(16(2)13-20)31-14-22(27)25-18-9-5-17(6-10-18)23(24)28/h3-13,26H,14H2,1-2H3,(H2,24,28)(H,25,27). The molecule has 9 heteroatoms. The number of ether oxygens (including phenoxy) is 1. The highest BCUT2D eigenvalue weighted by molar-refractivity contribution is 7.92. The van der Waals surface area contributed by atoms with E-state index < -0.39 is 21.8 Å². The highest BCUT2D eigenvalue weighted by atomic mass is 32.2. The van der Waals surface area contributed by atoms with E-state index in [-0.39, 0.29) is 11.5 Å². The van der Waals surface area contributed by atoms with Crippen molar-refractivity contribution < 1.29 is 22.7 Å². The van der Waals surface area contributed by atoms with Crippen LogP contribution in [0, 0.1) is 13.8 Å². The maximum absolute atomic E-state index is 12.6.